The summed E-state index contributed by atoms with van der Waals surface area (Å²) in [5.74, 6) is 1.02. The zero-order chi connectivity index (χ0) is 17.0. The molecule has 0 aliphatic rings. The molecule has 0 amide bonds. The molecular formula is C19H30Br2O. The van der Waals surface area contributed by atoms with Crippen molar-refractivity contribution in [3.8, 4) is 5.75 Å². The van der Waals surface area contributed by atoms with E-state index in [4.69, 9.17) is 4.74 Å². The van der Waals surface area contributed by atoms with Crippen molar-refractivity contribution in [3.63, 3.8) is 0 Å². The Morgan fingerprint density at radius 1 is 1.05 bits per heavy atom. The molecule has 3 heteroatoms. The predicted octanol–water partition coefficient (Wildman–Crippen LogP) is 6.60. The van der Waals surface area contributed by atoms with Crippen LogP contribution in [-0.2, 0) is 10.8 Å². The Hall–Kier alpha value is -0.0200. The second-order valence-electron chi connectivity index (χ2n) is 7.25. The number of hydrogen-bond acceptors (Lipinski definition) is 1. The van der Waals surface area contributed by atoms with Gasteiger partial charge in [0.1, 0.15) is 12.4 Å². The van der Waals surface area contributed by atoms with Crippen molar-refractivity contribution in [1.29, 1.82) is 0 Å². The van der Waals surface area contributed by atoms with E-state index < -0.39 is 0 Å². The first-order valence-corrected chi connectivity index (χ1v) is 10.2. The number of alkyl halides is 2. The van der Waals surface area contributed by atoms with Gasteiger partial charge in [0.2, 0.25) is 0 Å². The second-order valence-corrected chi connectivity index (χ2v) is 9.19. The van der Waals surface area contributed by atoms with E-state index in [1.807, 2.05) is 0 Å². The molecule has 0 aliphatic carbocycles. The third-order valence-electron chi connectivity index (χ3n) is 4.85. The van der Waals surface area contributed by atoms with Gasteiger partial charge in [-0.1, -0.05) is 85.5 Å². The highest BCUT2D eigenvalue weighted by Gasteiger charge is 2.26. The Labute approximate surface area is 153 Å². The molecule has 1 nitrogen and oxygen atoms in total. The van der Waals surface area contributed by atoms with E-state index in [2.05, 4.69) is 91.6 Å². The van der Waals surface area contributed by atoms with Crippen LogP contribution in [0.4, 0.5) is 0 Å². The van der Waals surface area contributed by atoms with Gasteiger partial charge in [0, 0.05) is 10.9 Å². The van der Waals surface area contributed by atoms with Crippen LogP contribution in [0.15, 0.2) is 18.2 Å². The summed E-state index contributed by atoms with van der Waals surface area (Å²) in [7, 11) is 0. The molecule has 0 saturated carbocycles. The standard InChI is InChI=1S/C19H30Br2O/c1-7-18(3,4)14-9-10-17(22-13-15(21)12-20)16(11-14)19(5,6)8-2/h9-11,15H,7-8,12-13H2,1-6H3. The van der Waals surface area contributed by atoms with Crippen molar-refractivity contribution < 1.29 is 4.74 Å². The van der Waals surface area contributed by atoms with Gasteiger partial charge in [-0.2, -0.15) is 0 Å². The van der Waals surface area contributed by atoms with Gasteiger partial charge in [0.25, 0.3) is 0 Å². The summed E-state index contributed by atoms with van der Waals surface area (Å²) in [5, 5.41) is 0.889. The zero-order valence-corrected chi connectivity index (χ0v) is 18.0. The Kier molecular flexibility index (Phi) is 7.45. The molecule has 1 aromatic rings. The van der Waals surface area contributed by atoms with Crippen LogP contribution in [0.25, 0.3) is 0 Å². The Bertz CT molecular complexity index is 480. The van der Waals surface area contributed by atoms with Gasteiger partial charge in [0.05, 0.1) is 4.83 Å². The monoisotopic (exact) mass is 432 g/mol. The Morgan fingerprint density at radius 3 is 2.14 bits per heavy atom. The molecule has 1 atom stereocenters. The maximum absolute atomic E-state index is 6.10. The number of ether oxygens (including phenoxy) is 1. The lowest BCUT2D eigenvalue weighted by atomic mass is 9.76. The molecule has 0 aliphatic heterocycles. The fourth-order valence-electron chi connectivity index (χ4n) is 2.23. The van der Waals surface area contributed by atoms with Crippen molar-refractivity contribution >= 4 is 31.9 Å². The van der Waals surface area contributed by atoms with Gasteiger partial charge >= 0.3 is 0 Å². The first-order chi connectivity index (χ1) is 10.2. The van der Waals surface area contributed by atoms with Crippen LogP contribution in [0.3, 0.4) is 0 Å². The number of halogens is 2. The van der Waals surface area contributed by atoms with E-state index in [9.17, 15) is 0 Å². The Morgan fingerprint density at radius 2 is 1.64 bits per heavy atom. The van der Waals surface area contributed by atoms with E-state index in [0.717, 1.165) is 23.9 Å². The van der Waals surface area contributed by atoms with E-state index in [1.54, 1.807) is 0 Å². The van der Waals surface area contributed by atoms with Crippen LogP contribution in [0, 0.1) is 0 Å². The van der Waals surface area contributed by atoms with E-state index >= 15 is 0 Å². The number of benzene rings is 1. The lowest BCUT2D eigenvalue weighted by Crippen LogP contribution is -2.22. The summed E-state index contributed by atoms with van der Waals surface area (Å²) in [6.45, 7) is 14.4. The third kappa shape index (κ3) is 4.99. The first-order valence-electron chi connectivity index (χ1n) is 8.15. The molecule has 1 rings (SSSR count). The summed E-state index contributed by atoms with van der Waals surface area (Å²) < 4.78 is 6.10. The molecule has 0 spiro atoms. The van der Waals surface area contributed by atoms with Gasteiger partial charge in [-0.15, -0.1) is 0 Å². The molecule has 22 heavy (non-hydrogen) atoms. The van der Waals surface area contributed by atoms with Gasteiger partial charge in [-0.3, -0.25) is 0 Å². The number of rotatable bonds is 8. The van der Waals surface area contributed by atoms with Gasteiger partial charge in [0.15, 0.2) is 0 Å². The van der Waals surface area contributed by atoms with Crippen molar-refractivity contribution in [1.82, 2.24) is 0 Å². The molecule has 1 aromatic carbocycles. The van der Waals surface area contributed by atoms with Crippen LogP contribution < -0.4 is 4.74 Å². The van der Waals surface area contributed by atoms with Crippen molar-refractivity contribution in [2.45, 2.75) is 70.0 Å². The lowest BCUT2D eigenvalue weighted by molar-refractivity contribution is 0.312. The largest absolute Gasteiger partial charge is 0.492 e. The summed E-state index contributed by atoms with van der Waals surface area (Å²) >= 11 is 7.09. The molecular weight excluding hydrogens is 404 g/mol. The average molecular weight is 434 g/mol. The summed E-state index contributed by atoms with van der Waals surface area (Å²) in [6, 6.07) is 6.75. The van der Waals surface area contributed by atoms with Gasteiger partial charge in [-0.05, 0) is 35.3 Å². The molecule has 0 bridgehead atoms. The van der Waals surface area contributed by atoms with E-state index in [-0.39, 0.29) is 10.8 Å². The topological polar surface area (TPSA) is 9.23 Å². The SMILES string of the molecule is CCC(C)(C)c1ccc(OCC(Br)CBr)c(C(C)(C)CC)c1. The molecule has 0 N–H and O–H groups in total. The fraction of sp³-hybridized carbons (Fsp3) is 0.684. The highest BCUT2D eigenvalue weighted by molar-refractivity contribution is 9.12. The first kappa shape index (κ1) is 20.0. The quantitative estimate of drug-likeness (QED) is 0.419. The zero-order valence-electron chi connectivity index (χ0n) is 14.8. The molecule has 0 heterocycles. The minimum absolute atomic E-state index is 0.116. The molecule has 1 unspecified atom stereocenters. The van der Waals surface area contributed by atoms with Crippen LogP contribution >= 0.6 is 31.9 Å². The van der Waals surface area contributed by atoms with E-state index in [1.165, 1.54) is 11.1 Å². The van der Waals surface area contributed by atoms with Crippen LogP contribution in [-0.4, -0.2) is 16.8 Å². The minimum Gasteiger partial charge on any atom is -0.492 e. The van der Waals surface area contributed by atoms with Gasteiger partial charge in [-0.25, -0.2) is 0 Å². The van der Waals surface area contributed by atoms with Crippen molar-refractivity contribution in [2.75, 3.05) is 11.9 Å². The maximum atomic E-state index is 6.10. The van der Waals surface area contributed by atoms with E-state index in [0.29, 0.717) is 11.4 Å². The normalized spacial score (nSPS) is 14.0. The minimum atomic E-state index is 0.116. The highest BCUT2D eigenvalue weighted by Crippen LogP contribution is 2.38. The van der Waals surface area contributed by atoms with Crippen molar-refractivity contribution in [2.24, 2.45) is 0 Å². The van der Waals surface area contributed by atoms with Gasteiger partial charge < -0.3 is 4.74 Å². The lowest BCUT2D eigenvalue weighted by Gasteiger charge is -2.30. The maximum Gasteiger partial charge on any atom is 0.123 e. The summed E-state index contributed by atoms with van der Waals surface area (Å²) in [5.41, 5.74) is 3.04. The summed E-state index contributed by atoms with van der Waals surface area (Å²) in [6.07, 6.45) is 2.22. The van der Waals surface area contributed by atoms with Crippen molar-refractivity contribution in [3.05, 3.63) is 29.3 Å². The molecule has 0 radical (unpaired) electrons. The average Bonchev–Trinajstić information content (AvgIpc) is 2.52. The predicted molar refractivity (Wildman–Crippen MR) is 105 cm³/mol. The van der Waals surface area contributed by atoms with Crippen LogP contribution in [0.5, 0.6) is 5.75 Å². The third-order valence-corrected chi connectivity index (χ3v) is 7.08. The smallest absolute Gasteiger partial charge is 0.123 e. The fourth-order valence-corrected chi connectivity index (χ4v) is 2.54. The van der Waals surface area contributed by atoms with Crippen LogP contribution in [0.1, 0.15) is 65.5 Å². The van der Waals surface area contributed by atoms with Crippen LogP contribution in [0.2, 0.25) is 0 Å². The molecule has 0 aromatic heterocycles. The number of hydrogen-bond donors (Lipinski definition) is 0. The molecule has 126 valence electrons. The summed E-state index contributed by atoms with van der Waals surface area (Å²) in [4.78, 5) is 0.330. The molecule has 0 fully saturated rings. The Balaban J connectivity index is 3.22. The second kappa shape index (κ2) is 8.19. The molecule has 0 saturated heterocycles. The highest BCUT2D eigenvalue weighted by atomic mass is 79.9.